The van der Waals surface area contributed by atoms with Crippen LogP contribution >= 0.6 is 0 Å². The Morgan fingerprint density at radius 2 is 1.70 bits per heavy atom. The van der Waals surface area contributed by atoms with E-state index in [1.165, 1.54) is 25.3 Å². The fourth-order valence-corrected chi connectivity index (χ4v) is 5.00. The highest BCUT2D eigenvalue weighted by atomic mass is 32.2. The molecular weight excluding hydrogens is 400 g/mol. The summed E-state index contributed by atoms with van der Waals surface area (Å²) in [6.07, 6.45) is 3.91. The molecule has 0 unspecified atom stereocenters. The van der Waals surface area contributed by atoms with E-state index in [-0.39, 0.29) is 11.5 Å². The molecule has 162 valence electrons. The van der Waals surface area contributed by atoms with Crippen LogP contribution in [-0.2, 0) is 32.4 Å². The quantitative estimate of drug-likeness (QED) is 0.598. The van der Waals surface area contributed by atoms with E-state index in [0.717, 1.165) is 25.1 Å². The predicted octanol–water partition coefficient (Wildman–Crippen LogP) is 2.68. The molecule has 30 heavy (non-hydrogen) atoms. The smallest absolute Gasteiger partial charge is 0.302 e. The molecule has 2 aromatic carbocycles. The van der Waals surface area contributed by atoms with Gasteiger partial charge >= 0.3 is 5.97 Å². The number of ether oxygens (including phenoxy) is 1. The Morgan fingerprint density at radius 3 is 2.33 bits per heavy atom. The van der Waals surface area contributed by atoms with Crippen molar-refractivity contribution in [2.45, 2.75) is 43.5 Å². The molecule has 0 saturated carbocycles. The zero-order valence-electron chi connectivity index (χ0n) is 17.3. The molecule has 0 amide bonds. The number of piperidine rings is 1. The molecule has 0 radical (unpaired) electrons. The van der Waals surface area contributed by atoms with Gasteiger partial charge in [0.1, 0.15) is 6.61 Å². The summed E-state index contributed by atoms with van der Waals surface area (Å²) in [4.78, 5) is 11.5. The Kier molecular flexibility index (Phi) is 8.01. The lowest BCUT2D eigenvalue weighted by Gasteiger charge is -2.22. The third-order valence-corrected chi connectivity index (χ3v) is 6.89. The van der Waals surface area contributed by atoms with Crippen LogP contribution in [0.3, 0.4) is 0 Å². The van der Waals surface area contributed by atoms with Gasteiger partial charge in [-0.05, 0) is 68.0 Å². The van der Waals surface area contributed by atoms with Crippen molar-refractivity contribution in [2.75, 3.05) is 19.7 Å². The van der Waals surface area contributed by atoms with E-state index < -0.39 is 22.0 Å². The molecule has 7 heteroatoms. The van der Waals surface area contributed by atoms with Crippen LogP contribution in [0, 0.1) is 5.92 Å². The molecule has 3 rings (SSSR count). The summed E-state index contributed by atoms with van der Waals surface area (Å²) in [7, 11) is -3.70. The van der Waals surface area contributed by atoms with Gasteiger partial charge in [-0.1, -0.05) is 42.5 Å². The van der Waals surface area contributed by atoms with Crippen LogP contribution in [0.5, 0.6) is 0 Å². The average Bonchev–Trinajstić information content (AvgIpc) is 2.74. The first kappa shape index (κ1) is 22.5. The number of hydrogen-bond donors (Lipinski definition) is 2. The maximum atomic E-state index is 12.7. The second-order valence-corrected chi connectivity index (χ2v) is 9.57. The lowest BCUT2D eigenvalue weighted by molar-refractivity contribution is -0.141. The minimum atomic E-state index is -3.70. The van der Waals surface area contributed by atoms with Gasteiger partial charge in [0.15, 0.2) is 0 Å². The predicted molar refractivity (Wildman–Crippen MR) is 117 cm³/mol. The van der Waals surface area contributed by atoms with Gasteiger partial charge in [0.25, 0.3) is 0 Å². The number of sulfonamides is 1. The molecule has 0 aliphatic carbocycles. The van der Waals surface area contributed by atoms with Crippen molar-refractivity contribution in [3.05, 3.63) is 65.7 Å². The lowest BCUT2D eigenvalue weighted by atomic mass is 9.90. The molecule has 1 aliphatic rings. The van der Waals surface area contributed by atoms with Crippen molar-refractivity contribution in [1.29, 1.82) is 0 Å². The topological polar surface area (TPSA) is 84.5 Å². The molecule has 1 heterocycles. The molecule has 1 saturated heterocycles. The van der Waals surface area contributed by atoms with Crippen molar-refractivity contribution < 1.29 is 17.9 Å². The van der Waals surface area contributed by atoms with Gasteiger partial charge in [-0.2, -0.15) is 0 Å². The monoisotopic (exact) mass is 430 g/mol. The Labute approximate surface area is 179 Å². The highest BCUT2D eigenvalue weighted by Crippen LogP contribution is 2.19. The molecule has 0 spiro atoms. The second-order valence-electron chi connectivity index (χ2n) is 7.85. The summed E-state index contributed by atoms with van der Waals surface area (Å²) in [5.74, 6) is 0.280. The first-order valence-electron chi connectivity index (χ1n) is 10.4. The van der Waals surface area contributed by atoms with E-state index in [2.05, 4.69) is 22.2 Å². The van der Waals surface area contributed by atoms with E-state index in [4.69, 9.17) is 4.74 Å². The van der Waals surface area contributed by atoms with Gasteiger partial charge in [-0.15, -0.1) is 0 Å². The fraction of sp³-hybridized carbons (Fsp3) is 0.435. The molecular formula is C23H30N2O4S. The van der Waals surface area contributed by atoms with Crippen molar-refractivity contribution in [1.82, 2.24) is 10.0 Å². The SMILES string of the molecule is CC(=O)OC[C@H](Cc1ccc(CC2CCNCC2)cc1)NS(=O)(=O)c1ccccc1. The number of esters is 1. The summed E-state index contributed by atoms with van der Waals surface area (Å²) in [6.45, 7) is 3.47. The molecule has 1 fully saturated rings. The minimum absolute atomic E-state index is 0.0157. The van der Waals surface area contributed by atoms with Gasteiger partial charge in [0.05, 0.1) is 10.9 Å². The van der Waals surface area contributed by atoms with Crippen LogP contribution < -0.4 is 10.0 Å². The van der Waals surface area contributed by atoms with Gasteiger partial charge in [0.2, 0.25) is 10.0 Å². The highest BCUT2D eigenvalue weighted by Gasteiger charge is 2.21. The van der Waals surface area contributed by atoms with Crippen LogP contribution in [-0.4, -0.2) is 40.1 Å². The van der Waals surface area contributed by atoms with Gasteiger partial charge < -0.3 is 10.1 Å². The van der Waals surface area contributed by atoms with Crippen molar-refractivity contribution in [3.8, 4) is 0 Å². The number of benzene rings is 2. The lowest BCUT2D eigenvalue weighted by Crippen LogP contribution is -2.40. The van der Waals surface area contributed by atoms with Crippen molar-refractivity contribution in [3.63, 3.8) is 0 Å². The van der Waals surface area contributed by atoms with E-state index in [0.29, 0.717) is 12.3 Å². The summed E-state index contributed by atoms with van der Waals surface area (Å²) >= 11 is 0. The number of nitrogens with one attached hydrogen (secondary N) is 2. The fourth-order valence-electron chi connectivity index (χ4n) is 3.75. The Hall–Kier alpha value is -2.22. The largest absolute Gasteiger partial charge is 0.464 e. The van der Waals surface area contributed by atoms with Crippen LogP contribution in [0.2, 0.25) is 0 Å². The zero-order chi connectivity index (χ0) is 21.4. The maximum absolute atomic E-state index is 12.7. The van der Waals surface area contributed by atoms with E-state index in [1.54, 1.807) is 30.3 Å². The Morgan fingerprint density at radius 1 is 1.07 bits per heavy atom. The third-order valence-electron chi connectivity index (χ3n) is 5.35. The van der Waals surface area contributed by atoms with Gasteiger partial charge in [-0.3, -0.25) is 4.79 Å². The zero-order valence-corrected chi connectivity index (χ0v) is 18.2. The number of rotatable bonds is 9. The summed E-state index contributed by atoms with van der Waals surface area (Å²) < 4.78 is 33.2. The first-order chi connectivity index (χ1) is 14.4. The van der Waals surface area contributed by atoms with Crippen LogP contribution in [0.25, 0.3) is 0 Å². The van der Waals surface area contributed by atoms with Crippen molar-refractivity contribution >= 4 is 16.0 Å². The maximum Gasteiger partial charge on any atom is 0.302 e. The van der Waals surface area contributed by atoms with Crippen LogP contribution in [0.1, 0.15) is 30.9 Å². The number of carbonyl (C=O) groups excluding carboxylic acids is 1. The van der Waals surface area contributed by atoms with Crippen LogP contribution in [0.4, 0.5) is 0 Å². The summed E-state index contributed by atoms with van der Waals surface area (Å²) in [6, 6.07) is 16.0. The van der Waals surface area contributed by atoms with Gasteiger partial charge in [0, 0.05) is 6.92 Å². The third kappa shape index (κ3) is 6.93. The first-order valence-corrected chi connectivity index (χ1v) is 11.9. The molecule has 6 nitrogen and oxygen atoms in total. The normalized spacial score (nSPS) is 16.2. The van der Waals surface area contributed by atoms with E-state index in [1.807, 2.05) is 12.1 Å². The molecule has 1 aliphatic heterocycles. The Bertz CT molecular complexity index is 908. The number of carbonyl (C=O) groups is 1. The van der Waals surface area contributed by atoms with E-state index >= 15 is 0 Å². The van der Waals surface area contributed by atoms with E-state index in [9.17, 15) is 13.2 Å². The number of hydrogen-bond acceptors (Lipinski definition) is 5. The molecule has 2 N–H and O–H groups in total. The standard InChI is InChI=1S/C23H30N2O4S/c1-18(26)29-17-22(25-30(27,28)23-5-3-2-4-6-23)16-20-9-7-19(8-10-20)15-21-11-13-24-14-12-21/h2-10,21-22,24-25H,11-17H2,1H3/t22-/m0/s1. The van der Waals surface area contributed by atoms with Gasteiger partial charge in [-0.25, -0.2) is 13.1 Å². The molecule has 2 aromatic rings. The van der Waals surface area contributed by atoms with Crippen LogP contribution in [0.15, 0.2) is 59.5 Å². The molecule has 0 aromatic heterocycles. The Balaban J connectivity index is 1.66. The molecule has 0 bridgehead atoms. The minimum Gasteiger partial charge on any atom is -0.464 e. The highest BCUT2D eigenvalue weighted by molar-refractivity contribution is 7.89. The molecule has 1 atom stereocenters. The summed E-state index contributed by atoms with van der Waals surface area (Å²) in [5.41, 5.74) is 2.30. The van der Waals surface area contributed by atoms with Crippen molar-refractivity contribution in [2.24, 2.45) is 5.92 Å². The average molecular weight is 431 g/mol. The second kappa shape index (κ2) is 10.7. The summed E-state index contributed by atoms with van der Waals surface area (Å²) in [5, 5.41) is 3.39.